The highest BCUT2D eigenvalue weighted by Crippen LogP contribution is 2.32. The molecule has 0 saturated heterocycles. The number of aliphatic hydroxyl groups excluding tert-OH is 1. The number of hydrogen-bond acceptors (Lipinski definition) is 6. The van der Waals surface area contributed by atoms with Crippen LogP contribution in [-0.4, -0.2) is 50.4 Å². The minimum absolute atomic E-state index is 0.269. The molecule has 1 heterocycles. The SMILES string of the molecule is CC(C)OCCCNCC(O)COCc1ccc2c(c1)OCO2. The Balaban J connectivity index is 1.52. The van der Waals surface area contributed by atoms with Gasteiger partial charge in [0.2, 0.25) is 6.79 Å². The number of benzene rings is 1. The van der Waals surface area contributed by atoms with Crippen molar-refractivity contribution in [3.05, 3.63) is 23.8 Å². The second-order valence-corrected chi connectivity index (χ2v) is 5.83. The quantitative estimate of drug-likeness (QED) is 0.604. The Bertz CT molecular complexity index is 466. The third-order valence-electron chi connectivity index (χ3n) is 3.34. The molecular formula is C17H27NO5. The van der Waals surface area contributed by atoms with E-state index in [2.05, 4.69) is 5.32 Å². The van der Waals surface area contributed by atoms with E-state index in [0.29, 0.717) is 19.8 Å². The van der Waals surface area contributed by atoms with Crippen LogP contribution in [0.4, 0.5) is 0 Å². The van der Waals surface area contributed by atoms with Gasteiger partial charge < -0.3 is 29.4 Å². The molecule has 0 radical (unpaired) electrons. The van der Waals surface area contributed by atoms with Gasteiger partial charge in [-0.2, -0.15) is 0 Å². The molecule has 0 fully saturated rings. The van der Waals surface area contributed by atoms with Gasteiger partial charge in [-0.3, -0.25) is 0 Å². The van der Waals surface area contributed by atoms with E-state index in [-0.39, 0.29) is 12.9 Å². The molecule has 130 valence electrons. The molecule has 2 rings (SSSR count). The van der Waals surface area contributed by atoms with Gasteiger partial charge in [0.1, 0.15) is 0 Å². The van der Waals surface area contributed by atoms with E-state index in [0.717, 1.165) is 36.6 Å². The first-order chi connectivity index (χ1) is 11.1. The van der Waals surface area contributed by atoms with Crippen molar-refractivity contribution in [3.63, 3.8) is 0 Å². The monoisotopic (exact) mass is 325 g/mol. The van der Waals surface area contributed by atoms with Crippen molar-refractivity contribution >= 4 is 0 Å². The maximum Gasteiger partial charge on any atom is 0.231 e. The Hall–Kier alpha value is -1.34. The minimum Gasteiger partial charge on any atom is -0.454 e. The summed E-state index contributed by atoms with van der Waals surface area (Å²) >= 11 is 0. The minimum atomic E-state index is -0.518. The van der Waals surface area contributed by atoms with Crippen LogP contribution in [0.5, 0.6) is 11.5 Å². The number of nitrogens with one attached hydrogen (secondary N) is 1. The molecule has 0 saturated carbocycles. The van der Waals surface area contributed by atoms with Crippen molar-refractivity contribution < 1.29 is 24.1 Å². The summed E-state index contributed by atoms with van der Waals surface area (Å²) in [5.41, 5.74) is 1.00. The maximum atomic E-state index is 9.86. The zero-order chi connectivity index (χ0) is 16.5. The van der Waals surface area contributed by atoms with Gasteiger partial charge in [-0.05, 0) is 44.5 Å². The second-order valence-electron chi connectivity index (χ2n) is 5.83. The van der Waals surface area contributed by atoms with Crippen molar-refractivity contribution in [1.82, 2.24) is 5.32 Å². The molecule has 6 nitrogen and oxygen atoms in total. The van der Waals surface area contributed by atoms with Gasteiger partial charge in [0.25, 0.3) is 0 Å². The number of rotatable bonds is 11. The van der Waals surface area contributed by atoms with Gasteiger partial charge in [-0.25, -0.2) is 0 Å². The summed E-state index contributed by atoms with van der Waals surface area (Å²) in [6, 6.07) is 5.72. The van der Waals surface area contributed by atoms with E-state index in [1.807, 2.05) is 32.0 Å². The molecule has 0 spiro atoms. The highest BCUT2D eigenvalue weighted by Gasteiger charge is 2.13. The van der Waals surface area contributed by atoms with Crippen LogP contribution in [0.15, 0.2) is 18.2 Å². The molecule has 1 unspecified atom stereocenters. The molecule has 0 amide bonds. The molecule has 2 N–H and O–H groups in total. The molecule has 0 bridgehead atoms. The highest BCUT2D eigenvalue weighted by molar-refractivity contribution is 5.44. The Morgan fingerprint density at radius 1 is 1.26 bits per heavy atom. The lowest BCUT2D eigenvalue weighted by atomic mass is 10.2. The van der Waals surface area contributed by atoms with Crippen LogP contribution in [0.2, 0.25) is 0 Å². The van der Waals surface area contributed by atoms with Gasteiger partial charge in [0, 0.05) is 13.2 Å². The smallest absolute Gasteiger partial charge is 0.231 e. The Kier molecular flexibility index (Phi) is 7.61. The van der Waals surface area contributed by atoms with Gasteiger partial charge >= 0.3 is 0 Å². The maximum absolute atomic E-state index is 9.86. The largest absolute Gasteiger partial charge is 0.454 e. The summed E-state index contributed by atoms with van der Waals surface area (Å²) in [6.45, 7) is 7.13. The average Bonchev–Trinajstić information content (AvgIpc) is 2.98. The fraction of sp³-hybridized carbons (Fsp3) is 0.647. The van der Waals surface area contributed by atoms with Crippen molar-refractivity contribution in [2.75, 3.05) is 33.1 Å². The summed E-state index contributed by atoms with van der Waals surface area (Å²) in [5.74, 6) is 1.51. The average molecular weight is 325 g/mol. The summed E-state index contributed by atoms with van der Waals surface area (Å²) < 4.78 is 21.6. The van der Waals surface area contributed by atoms with Gasteiger partial charge in [-0.15, -0.1) is 0 Å². The lowest BCUT2D eigenvalue weighted by Crippen LogP contribution is -2.31. The second kappa shape index (κ2) is 9.72. The van der Waals surface area contributed by atoms with Crippen LogP contribution in [0.1, 0.15) is 25.8 Å². The fourth-order valence-electron chi connectivity index (χ4n) is 2.19. The number of hydrogen-bond donors (Lipinski definition) is 2. The van der Waals surface area contributed by atoms with E-state index in [4.69, 9.17) is 18.9 Å². The number of ether oxygens (including phenoxy) is 4. The lowest BCUT2D eigenvalue weighted by Gasteiger charge is -2.13. The molecule has 6 heteroatoms. The van der Waals surface area contributed by atoms with Crippen molar-refractivity contribution in [1.29, 1.82) is 0 Å². The number of fused-ring (bicyclic) bond motifs is 1. The lowest BCUT2D eigenvalue weighted by molar-refractivity contribution is 0.0282. The molecule has 1 atom stereocenters. The Morgan fingerprint density at radius 2 is 2.09 bits per heavy atom. The summed E-state index contributed by atoms with van der Waals surface area (Å²) in [7, 11) is 0. The zero-order valence-corrected chi connectivity index (χ0v) is 13.9. The molecule has 1 aromatic rings. The predicted octanol–water partition coefficient (Wildman–Crippen LogP) is 1.70. The third kappa shape index (κ3) is 6.74. The summed E-state index contributed by atoms with van der Waals surface area (Å²) in [6.07, 6.45) is 0.684. The van der Waals surface area contributed by atoms with Crippen molar-refractivity contribution in [2.45, 2.75) is 39.1 Å². The first-order valence-electron chi connectivity index (χ1n) is 8.12. The van der Waals surface area contributed by atoms with E-state index in [9.17, 15) is 5.11 Å². The van der Waals surface area contributed by atoms with Gasteiger partial charge in [0.15, 0.2) is 11.5 Å². The van der Waals surface area contributed by atoms with Crippen LogP contribution in [-0.2, 0) is 16.1 Å². The predicted molar refractivity (Wildman–Crippen MR) is 86.8 cm³/mol. The molecule has 23 heavy (non-hydrogen) atoms. The van der Waals surface area contributed by atoms with Crippen LogP contribution >= 0.6 is 0 Å². The van der Waals surface area contributed by atoms with E-state index < -0.39 is 6.10 Å². The van der Waals surface area contributed by atoms with Gasteiger partial charge in [-0.1, -0.05) is 6.07 Å². The summed E-state index contributed by atoms with van der Waals surface area (Å²) in [5, 5.41) is 13.1. The molecule has 0 aliphatic carbocycles. The van der Waals surface area contributed by atoms with E-state index >= 15 is 0 Å². The van der Waals surface area contributed by atoms with Crippen molar-refractivity contribution in [2.24, 2.45) is 0 Å². The zero-order valence-electron chi connectivity index (χ0n) is 13.9. The van der Waals surface area contributed by atoms with Crippen LogP contribution < -0.4 is 14.8 Å². The standard InChI is InChI=1S/C17H27NO5/c1-13(2)21-7-3-6-18-9-15(19)11-20-10-14-4-5-16-17(8-14)23-12-22-16/h4-5,8,13,15,18-19H,3,6-7,9-12H2,1-2H3. The molecule has 1 aliphatic rings. The van der Waals surface area contributed by atoms with Crippen LogP contribution in [0, 0.1) is 0 Å². The first kappa shape index (κ1) is 18.0. The van der Waals surface area contributed by atoms with E-state index in [1.54, 1.807) is 0 Å². The fourth-order valence-corrected chi connectivity index (χ4v) is 2.19. The molecule has 1 aromatic carbocycles. The summed E-state index contributed by atoms with van der Waals surface area (Å²) in [4.78, 5) is 0. The van der Waals surface area contributed by atoms with E-state index in [1.165, 1.54) is 0 Å². The molecular weight excluding hydrogens is 298 g/mol. The highest BCUT2D eigenvalue weighted by atomic mass is 16.7. The van der Waals surface area contributed by atoms with Crippen LogP contribution in [0.25, 0.3) is 0 Å². The normalized spacial score (nSPS) is 14.4. The van der Waals surface area contributed by atoms with Gasteiger partial charge in [0.05, 0.1) is 25.4 Å². The van der Waals surface area contributed by atoms with Crippen molar-refractivity contribution in [3.8, 4) is 11.5 Å². The first-order valence-corrected chi connectivity index (χ1v) is 8.12. The Morgan fingerprint density at radius 3 is 2.91 bits per heavy atom. The topological polar surface area (TPSA) is 69.2 Å². The molecule has 0 aromatic heterocycles. The van der Waals surface area contributed by atoms with Crippen LogP contribution in [0.3, 0.4) is 0 Å². The third-order valence-corrected chi connectivity index (χ3v) is 3.34. The Labute approximate surface area is 137 Å². The number of aliphatic hydroxyl groups is 1. The molecule has 1 aliphatic heterocycles.